The maximum Gasteiger partial charge on any atom is 0.278 e. The predicted molar refractivity (Wildman–Crippen MR) is 213 cm³/mol. The molecule has 6 heterocycles. The van der Waals surface area contributed by atoms with E-state index in [0.717, 1.165) is 103 Å². The van der Waals surface area contributed by atoms with Gasteiger partial charge in [0.15, 0.2) is 5.65 Å². The molecule has 2 fully saturated rings. The first kappa shape index (κ1) is 37.5. The molecule has 16 heteroatoms. The third-order valence-electron chi connectivity index (χ3n) is 10.8. The lowest BCUT2D eigenvalue weighted by atomic mass is 10.1. The Morgan fingerprint density at radius 1 is 0.912 bits per heavy atom. The molecule has 2 N–H and O–H groups in total. The molecule has 4 aromatic heterocycles. The second-order valence-electron chi connectivity index (χ2n) is 14.6. The molecule has 0 radical (unpaired) electrons. The van der Waals surface area contributed by atoms with Crippen LogP contribution in [0.4, 0.5) is 11.4 Å². The number of aryl methyl sites for hydroxylation is 2. The number of nitrogens with zero attached hydrogens (tertiary/aromatic N) is 9. The number of nitrogens with one attached hydrogen (secondary N) is 2. The number of piperidine rings is 1. The molecule has 1 atom stereocenters. The zero-order valence-electron chi connectivity index (χ0n) is 31.7. The van der Waals surface area contributed by atoms with Crippen molar-refractivity contribution in [2.45, 2.75) is 70.3 Å². The van der Waals surface area contributed by atoms with Crippen LogP contribution in [0.5, 0.6) is 0 Å². The fourth-order valence-corrected chi connectivity index (χ4v) is 7.62. The number of rotatable bonds is 15. The standard InChI is InChI=1S/C41H45N11O5/c53-37-18-16-35(40(55)45-37)52-41(56)32-25-29(11-15-34(32)46-48-52)42-19-5-3-1-2-4-8-38(54)50-22-20-49(21-23-50)30-12-9-28(10-13-30)33-26-43-36(51-27-44-47-39(33)51)17-14-31-7-6-24-57-31/h6-7,9-13,15,24-27,35,42H,1-5,8,14,16-23H2,(H,45,53,55). The van der Waals surface area contributed by atoms with Crippen molar-refractivity contribution in [2.24, 2.45) is 0 Å². The number of carbonyl (C=O) groups is 3. The van der Waals surface area contributed by atoms with Crippen molar-refractivity contribution in [2.75, 3.05) is 42.9 Å². The molecule has 0 bridgehead atoms. The Balaban J connectivity index is 0.733. The minimum Gasteiger partial charge on any atom is -0.469 e. The Morgan fingerprint density at radius 3 is 2.54 bits per heavy atom. The number of anilines is 2. The van der Waals surface area contributed by atoms with Crippen LogP contribution in [-0.4, -0.2) is 89.9 Å². The first-order valence-electron chi connectivity index (χ1n) is 19.7. The van der Waals surface area contributed by atoms with Crippen molar-refractivity contribution in [1.29, 1.82) is 0 Å². The predicted octanol–water partition coefficient (Wildman–Crippen LogP) is 4.35. The van der Waals surface area contributed by atoms with Gasteiger partial charge in [-0.25, -0.2) is 4.98 Å². The third-order valence-corrected chi connectivity index (χ3v) is 10.8. The summed E-state index contributed by atoms with van der Waals surface area (Å²) in [6, 6.07) is 16.8. The summed E-state index contributed by atoms with van der Waals surface area (Å²) in [5, 5.41) is 22.6. The molecule has 16 nitrogen and oxygen atoms in total. The molecule has 2 saturated heterocycles. The molecular weight excluding hydrogens is 727 g/mol. The highest BCUT2D eigenvalue weighted by Gasteiger charge is 2.30. The van der Waals surface area contributed by atoms with Crippen LogP contribution in [-0.2, 0) is 27.2 Å². The van der Waals surface area contributed by atoms with Crippen molar-refractivity contribution in [3.8, 4) is 11.1 Å². The lowest BCUT2D eigenvalue weighted by Gasteiger charge is -2.36. The van der Waals surface area contributed by atoms with Crippen molar-refractivity contribution >= 4 is 45.6 Å². The largest absolute Gasteiger partial charge is 0.469 e. The summed E-state index contributed by atoms with van der Waals surface area (Å²) in [5.74, 6) is 1.13. The Morgan fingerprint density at radius 2 is 1.74 bits per heavy atom. The summed E-state index contributed by atoms with van der Waals surface area (Å²) in [6.07, 6.45) is 12.5. The van der Waals surface area contributed by atoms with Gasteiger partial charge in [0.2, 0.25) is 11.8 Å². The van der Waals surface area contributed by atoms with E-state index >= 15 is 0 Å². The summed E-state index contributed by atoms with van der Waals surface area (Å²) in [7, 11) is 0. The van der Waals surface area contributed by atoms with Crippen LogP contribution < -0.4 is 21.1 Å². The smallest absolute Gasteiger partial charge is 0.278 e. The van der Waals surface area contributed by atoms with Gasteiger partial charge in [-0.15, -0.1) is 15.3 Å². The molecule has 3 amide bonds. The van der Waals surface area contributed by atoms with Crippen LogP contribution in [0.15, 0.2) is 82.6 Å². The number of piperazine rings is 1. The van der Waals surface area contributed by atoms with Gasteiger partial charge in [0.1, 0.15) is 29.5 Å². The lowest BCUT2D eigenvalue weighted by molar-refractivity contribution is -0.136. The summed E-state index contributed by atoms with van der Waals surface area (Å²) >= 11 is 0. The highest BCUT2D eigenvalue weighted by molar-refractivity contribution is 5.99. The second kappa shape index (κ2) is 17.1. The average molecular weight is 772 g/mol. The van der Waals surface area contributed by atoms with E-state index in [9.17, 15) is 19.2 Å². The summed E-state index contributed by atoms with van der Waals surface area (Å²) in [5.41, 5.74) is 4.67. The van der Waals surface area contributed by atoms with E-state index in [1.54, 1.807) is 24.7 Å². The molecule has 1 unspecified atom stereocenters. The van der Waals surface area contributed by atoms with E-state index in [0.29, 0.717) is 36.8 Å². The molecule has 0 spiro atoms. The quantitative estimate of drug-likeness (QED) is 0.111. The molecule has 2 aromatic carbocycles. The van der Waals surface area contributed by atoms with Gasteiger partial charge < -0.3 is 19.5 Å². The SMILES string of the molecule is O=C1CCC(n2nnc3ccc(NCCCCCCCC(=O)N4CCN(c5ccc(-c6cnc(CCc7ccco7)n7cnnc67)cc5)CC4)cc3c2=O)C(=O)N1. The van der Waals surface area contributed by atoms with Crippen molar-refractivity contribution < 1.29 is 18.8 Å². The monoisotopic (exact) mass is 771 g/mol. The Hall–Kier alpha value is -6.45. The number of hydrogen-bond acceptors (Lipinski definition) is 12. The summed E-state index contributed by atoms with van der Waals surface area (Å²) in [4.78, 5) is 59.0. The van der Waals surface area contributed by atoms with Crippen molar-refractivity contribution in [3.05, 3.63) is 95.3 Å². The maximum atomic E-state index is 13.2. The van der Waals surface area contributed by atoms with Gasteiger partial charge in [0.25, 0.3) is 11.5 Å². The molecule has 294 valence electrons. The van der Waals surface area contributed by atoms with Gasteiger partial charge >= 0.3 is 0 Å². The van der Waals surface area contributed by atoms with Gasteiger partial charge in [-0.1, -0.05) is 36.6 Å². The first-order chi connectivity index (χ1) is 27.9. The van der Waals surface area contributed by atoms with Crippen LogP contribution in [0.3, 0.4) is 0 Å². The lowest BCUT2D eigenvalue weighted by Crippen LogP contribution is -2.48. The van der Waals surface area contributed by atoms with Crippen molar-refractivity contribution in [3.63, 3.8) is 0 Å². The van der Waals surface area contributed by atoms with E-state index in [1.165, 1.54) is 0 Å². The summed E-state index contributed by atoms with van der Waals surface area (Å²) in [6.45, 7) is 3.74. The van der Waals surface area contributed by atoms with Crippen LogP contribution in [0.1, 0.15) is 69.0 Å². The van der Waals surface area contributed by atoms with Crippen LogP contribution >= 0.6 is 0 Å². The molecule has 2 aliphatic heterocycles. The van der Waals surface area contributed by atoms with Crippen LogP contribution in [0.2, 0.25) is 0 Å². The van der Waals surface area contributed by atoms with Gasteiger partial charge in [0.05, 0.1) is 11.6 Å². The molecule has 0 saturated carbocycles. The number of fused-ring (bicyclic) bond motifs is 2. The second-order valence-corrected chi connectivity index (χ2v) is 14.6. The van der Waals surface area contributed by atoms with Crippen LogP contribution in [0.25, 0.3) is 27.7 Å². The maximum absolute atomic E-state index is 13.2. The van der Waals surface area contributed by atoms with E-state index in [2.05, 4.69) is 60.3 Å². The van der Waals surface area contributed by atoms with Gasteiger partial charge in [-0.2, -0.15) is 4.68 Å². The highest BCUT2D eigenvalue weighted by atomic mass is 16.3. The fraction of sp³-hybridized carbons (Fsp3) is 0.390. The molecular formula is C41H45N11O5. The number of aromatic nitrogens is 7. The van der Waals surface area contributed by atoms with E-state index in [1.807, 2.05) is 33.7 Å². The highest BCUT2D eigenvalue weighted by Crippen LogP contribution is 2.27. The van der Waals surface area contributed by atoms with Gasteiger partial charge in [0, 0.05) is 81.5 Å². The number of unbranched alkanes of at least 4 members (excludes halogenated alkanes) is 4. The first-order valence-corrected chi connectivity index (χ1v) is 19.7. The van der Waals surface area contributed by atoms with Gasteiger partial charge in [-0.3, -0.25) is 28.9 Å². The topological polar surface area (TPSA) is 186 Å². The Kier molecular flexibility index (Phi) is 11.3. The summed E-state index contributed by atoms with van der Waals surface area (Å²) < 4.78 is 8.49. The third kappa shape index (κ3) is 8.54. The van der Waals surface area contributed by atoms with Crippen molar-refractivity contribution in [1.82, 2.24) is 44.8 Å². The average Bonchev–Trinajstić information content (AvgIpc) is 3.95. The van der Waals surface area contributed by atoms with E-state index < -0.39 is 17.5 Å². The zero-order chi connectivity index (χ0) is 39.1. The number of imide groups is 1. The number of hydrogen-bond donors (Lipinski definition) is 2. The normalized spacial score (nSPS) is 16.0. The fourth-order valence-electron chi connectivity index (χ4n) is 7.62. The van der Waals surface area contributed by atoms with E-state index in [-0.39, 0.29) is 24.7 Å². The van der Waals surface area contributed by atoms with Crippen LogP contribution in [0, 0.1) is 0 Å². The Bertz CT molecular complexity index is 2420. The minimum absolute atomic E-state index is 0.149. The Labute approximate surface area is 328 Å². The van der Waals surface area contributed by atoms with Gasteiger partial charge in [-0.05, 0) is 67.3 Å². The molecule has 2 aliphatic rings. The number of amides is 3. The molecule has 0 aliphatic carbocycles. The molecule has 8 rings (SSSR count). The number of benzene rings is 2. The molecule has 6 aromatic rings. The molecule has 57 heavy (non-hydrogen) atoms. The number of furan rings is 1. The van der Waals surface area contributed by atoms with E-state index in [4.69, 9.17) is 9.40 Å². The zero-order valence-corrected chi connectivity index (χ0v) is 31.7. The minimum atomic E-state index is -0.855. The number of carbonyl (C=O) groups excluding carboxylic acids is 3.